The van der Waals surface area contributed by atoms with Gasteiger partial charge in [0.05, 0.1) is 19.8 Å². The summed E-state index contributed by atoms with van der Waals surface area (Å²) < 4.78 is 58.4. The summed E-state index contributed by atoms with van der Waals surface area (Å²) in [5, 5.41) is 0. The second-order valence-electron chi connectivity index (χ2n) is 9.40. The summed E-state index contributed by atoms with van der Waals surface area (Å²) >= 11 is 0. The molecule has 1 aliphatic heterocycles. The van der Waals surface area contributed by atoms with Crippen molar-refractivity contribution in [3.63, 3.8) is 0 Å². The molecule has 17 heteroatoms. The highest BCUT2D eigenvalue weighted by Crippen LogP contribution is 2.64. The average molecular weight is 648 g/mol. The smallest absolute Gasteiger partial charge is 0.427 e. The number of H-pyrrole nitrogens is 1. The minimum atomic E-state index is -4.99. The van der Waals surface area contributed by atoms with E-state index in [1.165, 1.54) is 37.4 Å². The molecule has 1 aromatic carbocycles. The molecule has 0 fully saturated rings. The molecular weight excluding hydrogens is 608 g/mol. The number of hydrogen-bond acceptors (Lipinski definition) is 12. The van der Waals surface area contributed by atoms with Crippen LogP contribution in [0.1, 0.15) is 63.3 Å². The highest BCUT2D eigenvalue weighted by atomic mass is 31.3. The number of carbonyl (C=O) groups excluding carboxylic acids is 1. The van der Waals surface area contributed by atoms with Crippen LogP contribution in [0.2, 0.25) is 0 Å². The van der Waals surface area contributed by atoms with E-state index in [9.17, 15) is 28.4 Å². The quantitative estimate of drug-likeness (QED) is 0.0690. The van der Waals surface area contributed by atoms with Crippen molar-refractivity contribution >= 4 is 21.6 Å². The van der Waals surface area contributed by atoms with Gasteiger partial charge in [0.15, 0.2) is 6.23 Å². The molecular formula is C26H39N3O12P2. The van der Waals surface area contributed by atoms with Crippen molar-refractivity contribution < 1.29 is 46.2 Å². The van der Waals surface area contributed by atoms with Gasteiger partial charge in [-0.1, -0.05) is 44.9 Å². The lowest BCUT2D eigenvalue weighted by molar-refractivity contribution is -0.134. The molecule has 0 bridgehead atoms. The molecule has 1 aromatic heterocycles. The van der Waals surface area contributed by atoms with Crippen molar-refractivity contribution in [1.29, 1.82) is 0 Å². The standard InChI is InChI=1S/C26H36N2O12P2.H3N/c1-4-6-8-24(29)39-21-11-9-20(10-12-21)17-37-42(34,35-15-7-5-2)40-41(32,33)36-18-22-13-14-23(38-22)28-16-19(3)25(30)27-26(28)31;/h9-14,16,22-23H,4-8,15,17-18H2,1-3H3,(H,32,33)(H,27,30,31);1H3/t22-,23+,42?;/m0./s1. The molecule has 5 N–H and O–H groups in total. The van der Waals surface area contributed by atoms with Gasteiger partial charge in [-0.2, -0.15) is 4.31 Å². The SMILES string of the molecule is CCCCOP(=O)(OCc1ccc(OC(=O)CCCC)cc1)OP(=O)(O)OC[C@@H]1C=C[C@H](n2cc(C)c(=O)[nH]c2=O)O1.N. The number of benzene rings is 1. The molecule has 0 radical (unpaired) electrons. The van der Waals surface area contributed by atoms with E-state index < -0.39 is 45.8 Å². The van der Waals surface area contributed by atoms with Crippen LogP contribution in [0.4, 0.5) is 0 Å². The lowest BCUT2D eigenvalue weighted by atomic mass is 10.2. The van der Waals surface area contributed by atoms with Gasteiger partial charge in [-0.25, -0.2) is 13.9 Å². The minimum Gasteiger partial charge on any atom is -0.427 e. The maximum absolute atomic E-state index is 13.3. The van der Waals surface area contributed by atoms with E-state index in [0.717, 1.165) is 17.4 Å². The number of phosphoric acid groups is 2. The van der Waals surface area contributed by atoms with E-state index in [1.807, 2.05) is 13.8 Å². The Hall–Kier alpha value is -2.71. The van der Waals surface area contributed by atoms with Crippen LogP contribution in [0.25, 0.3) is 0 Å². The summed E-state index contributed by atoms with van der Waals surface area (Å²) in [4.78, 5) is 48.0. The summed E-state index contributed by atoms with van der Waals surface area (Å²) in [5.41, 5.74) is -0.420. The Morgan fingerprint density at radius 1 is 1.05 bits per heavy atom. The Labute approximate surface area is 248 Å². The molecule has 3 rings (SSSR count). The van der Waals surface area contributed by atoms with Crippen molar-refractivity contribution in [3.05, 3.63) is 74.6 Å². The molecule has 0 saturated carbocycles. The summed E-state index contributed by atoms with van der Waals surface area (Å²) in [5.74, 6) is -0.0195. The molecule has 15 nitrogen and oxygen atoms in total. The first-order valence-corrected chi connectivity index (χ1v) is 16.4. The minimum absolute atomic E-state index is 0. The van der Waals surface area contributed by atoms with Gasteiger partial charge in [-0.15, -0.1) is 0 Å². The predicted octanol–water partition coefficient (Wildman–Crippen LogP) is 4.83. The van der Waals surface area contributed by atoms with Crippen molar-refractivity contribution in [3.8, 4) is 5.75 Å². The summed E-state index contributed by atoms with van der Waals surface area (Å²) in [6.07, 6.45) is 5.64. The number of esters is 1. The van der Waals surface area contributed by atoms with Gasteiger partial charge in [-0.05, 0) is 43.5 Å². The predicted molar refractivity (Wildman–Crippen MR) is 156 cm³/mol. The van der Waals surface area contributed by atoms with Crippen LogP contribution in [-0.2, 0) is 43.2 Å². The monoisotopic (exact) mass is 647 g/mol. The Bertz CT molecular complexity index is 1440. The number of ether oxygens (including phenoxy) is 2. The van der Waals surface area contributed by atoms with Gasteiger partial charge in [0, 0.05) is 18.2 Å². The molecule has 0 aliphatic carbocycles. The molecule has 2 unspecified atom stereocenters. The Kier molecular flexibility index (Phi) is 14.4. The third-order valence-corrected chi connectivity index (χ3v) is 8.90. The lowest BCUT2D eigenvalue weighted by Gasteiger charge is -2.21. The topological polar surface area (TPSA) is 217 Å². The summed E-state index contributed by atoms with van der Waals surface area (Å²) in [6.45, 7) is 4.50. The number of hydrogen-bond donors (Lipinski definition) is 3. The maximum atomic E-state index is 13.3. The summed E-state index contributed by atoms with van der Waals surface area (Å²) in [6, 6.07) is 6.22. The zero-order valence-corrected chi connectivity index (χ0v) is 26.1. The zero-order chi connectivity index (χ0) is 30.8. The maximum Gasteiger partial charge on any atom is 0.484 e. The number of aryl methyl sites for hydroxylation is 1. The second kappa shape index (κ2) is 17.0. The van der Waals surface area contributed by atoms with Crippen LogP contribution >= 0.6 is 15.6 Å². The summed E-state index contributed by atoms with van der Waals surface area (Å²) in [7, 11) is -9.57. The largest absolute Gasteiger partial charge is 0.484 e. The number of nitrogens with zero attached hydrogens (tertiary/aromatic N) is 1. The van der Waals surface area contributed by atoms with Gasteiger partial charge in [0.1, 0.15) is 11.9 Å². The molecule has 43 heavy (non-hydrogen) atoms. The average Bonchev–Trinajstić information content (AvgIpc) is 3.41. The van der Waals surface area contributed by atoms with Gasteiger partial charge in [-0.3, -0.25) is 32.7 Å². The Morgan fingerprint density at radius 2 is 1.74 bits per heavy atom. The van der Waals surface area contributed by atoms with E-state index in [-0.39, 0.29) is 25.3 Å². The van der Waals surface area contributed by atoms with Crippen LogP contribution < -0.4 is 22.1 Å². The second-order valence-corrected chi connectivity index (χ2v) is 12.7. The lowest BCUT2D eigenvalue weighted by Crippen LogP contribution is -2.33. The molecule has 0 spiro atoms. The van der Waals surface area contributed by atoms with Crippen molar-refractivity contribution in [2.45, 2.75) is 71.8 Å². The van der Waals surface area contributed by atoms with Gasteiger partial charge in [0.2, 0.25) is 0 Å². The first-order valence-electron chi connectivity index (χ1n) is 13.5. The van der Waals surface area contributed by atoms with Gasteiger partial charge in [0.25, 0.3) is 5.56 Å². The molecule has 0 amide bonds. The molecule has 4 atom stereocenters. The van der Waals surface area contributed by atoms with Crippen LogP contribution in [0, 0.1) is 6.92 Å². The number of nitrogens with one attached hydrogen (secondary N) is 1. The van der Waals surface area contributed by atoms with Crippen LogP contribution in [-0.4, -0.2) is 39.7 Å². The van der Waals surface area contributed by atoms with Crippen LogP contribution in [0.5, 0.6) is 5.75 Å². The van der Waals surface area contributed by atoms with Crippen LogP contribution in [0.3, 0.4) is 0 Å². The van der Waals surface area contributed by atoms with Gasteiger partial charge < -0.3 is 20.5 Å². The van der Waals surface area contributed by atoms with E-state index in [2.05, 4.69) is 4.98 Å². The van der Waals surface area contributed by atoms with Crippen molar-refractivity contribution in [1.82, 2.24) is 15.7 Å². The molecule has 2 aromatic rings. The van der Waals surface area contributed by atoms with Crippen LogP contribution in [0.15, 0.2) is 52.2 Å². The number of phosphoric ester groups is 2. The third-order valence-electron chi connectivity index (χ3n) is 5.86. The zero-order valence-electron chi connectivity index (χ0n) is 24.3. The van der Waals surface area contributed by atoms with E-state index in [0.29, 0.717) is 36.1 Å². The molecule has 0 saturated heterocycles. The first kappa shape index (κ1) is 36.5. The molecule has 1 aliphatic rings. The highest BCUT2D eigenvalue weighted by molar-refractivity contribution is 7.61. The number of aromatic amines is 1. The van der Waals surface area contributed by atoms with E-state index >= 15 is 0 Å². The Morgan fingerprint density at radius 3 is 2.42 bits per heavy atom. The fourth-order valence-corrected chi connectivity index (χ4v) is 6.20. The molecule has 240 valence electrons. The fraction of sp³-hybridized carbons (Fsp3) is 0.500. The normalized spacial score (nSPS) is 18.9. The van der Waals surface area contributed by atoms with Crippen molar-refractivity contribution in [2.75, 3.05) is 13.2 Å². The van der Waals surface area contributed by atoms with E-state index in [4.69, 9.17) is 27.4 Å². The number of aromatic nitrogens is 2. The van der Waals surface area contributed by atoms with Crippen molar-refractivity contribution in [2.24, 2.45) is 0 Å². The Balaban J connectivity index is 0.00000645. The first-order chi connectivity index (χ1) is 19.9. The third kappa shape index (κ3) is 11.7. The van der Waals surface area contributed by atoms with Gasteiger partial charge >= 0.3 is 27.3 Å². The number of unbranched alkanes of at least 4 members (excludes halogenated alkanes) is 2. The number of rotatable bonds is 17. The number of carbonyl (C=O) groups is 1. The molecule has 2 heterocycles. The fourth-order valence-electron chi connectivity index (χ4n) is 3.55. The van der Waals surface area contributed by atoms with E-state index in [1.54, 1.807) is 12.1 Å². The highest BCUT2D eigenvalue weighted by Gasteiger charge is 2.39.